The molecule has 1 N–H and O–H groups in total. The summed E-state index contributed by atoms with van der Waals surface area (Å²) in [6, 6.07) is 0. The van der Waals surface area contributed by atoms with Gasteiger partial charge in [0.25, 0.3) is 5.91 Å². The van der Waals surface area contributed by atoms with Gasteiger partial charge in [-0.15, -0.1) is 11.3 Å². The summed E-state index contributed by atoms with van der Waals surface area (Å²) < 4.78 is 0. The quantitative estimate of drug-likeness (QED) is 0.875. The molecular formula is C12H16N2OS. The van der Waals surface area contributed by atoms with Gasteiger partial charge in [-0.05, 0) is 37.0 Å². The molecule has 86 valence electrons. The van der Waals surface area contributed by atoms with E-state index >= 15 is 0 Å². The van der Waals surface area contributed by atoms with Crippen LogP contribution >= 0.6 is 11.3 Å². The monoisotopic (exact) mass is 236 g/mol. The Hall–Kier alpha value is -0.900. The number of fused-ring (bicyclic) bond motifs is 2. The predicted molar refractivity (Wildman–Crippen MR) is 63.4 cm³/mol. The van der Waals surface area contributed by atoms with E-state index in [2.05, 4.69) is 10.3 Å². The average molecular weight is 236 g/mol. The molecule has 0 radical (unpaired) electrons. The number of nitrogens with one attached hydrogen (secondary N) is 1. The summed E-state index contributed by atoms with van der Waals surface area (Å²) in [6.07, 6.45) is 5.52. The van der Waals surface area contributed by atoms with Crippen LogP contribution < -0.4 is 5.32 Å². The van der Waals surface area contributed by atoms with Gasteiger partial charge in [0.2, 0.25) is 0 Å². The van der Waals surface area contributed by atoms with Gasteiger partial charge in [-0.25, -0.2) is 4.98 Å². The summed E-state index contributed by atoms with van der Waals surface area (Å²) >= 11 is 1.47. The van der Waals surface area contributed by atoms with Crippen molar-refractivity contribution < 1.29 is 4.79 Å². The summed E-state index contributed by atoms with van der Waals surface area (Å²) in [5, 5.41) is 4.82. The first kappa shape index (κ1) is 10.3. The van der Waals surface area contributed by atoms with Crippen LogP contribution in [0.4, 0.5) is 0 Å². The number of carbonyl (C=O) groups is 1. The number of thiazole rings is 1. The van der Waals surface area contributed by atoms with Gasteiger partial charge in [0.1, 0.15) is 5.69 Å². The molecule has 0 spiro atoms. The molecule has 3 unspecified atom stereocenters. The molecule has 2 aliphatic rings. The van der Waals surface area contributed by atoms with Crippen LogP contribution in [0.25, 0.3) is 0 Å². The van der Waals surface area contributed by atoms with Crippen molar-refractivity contribution in [3.05, 3.63) is 16.6 Å². The second-order valence-corrected chi connectivity index (χ2v) is 5.74. The van der Waals surface area contributed by atoms with Gasteiger partial charge in [-0.2, -0.15) is 0 Å². The summed E-state index contributed by atoms with van der Waals surface area (Å²) in [4.78, 5) is 15.7. The Balaban J connectivity index is 1.52. The van der Waals surface area contributed by atoms with Gasteiger partial charge >= 0.3 is 0 Å². The third kappa shape index (κ3) is 1.86. The molecule has 2 aliphatic carbocycles. The summed E-state index contributed by atoms with van der Waals surface area (Å²) in [5.41, 5.74) is 2.26. The average Bonchev–Trinajstić information content (AvgIpc) is 3.01. The van der Waals surface area contributed by atoms with Gasteiger partial charge in [0.05, 0.1) is 5.51 Å². The Bertz CT molecular complexity index is 376. The highest BCUT2D eigenvalue weighted by Crippen LogP contribution is 2.47. The van der Waals surface area contributed by atoms with Crippen LogP contribution in [-0.2, 0) is 0 Å². The van der Waals surface area contributed by atoms with E-state index in [4.69, 9.17) is 0 Å². The van der Waals surface area contributed by atoms with Gasteiger partial charge in [-0.3, -0.25) is 4.79 Å². The molecule has 0 aromatic carbocycles. The number of hydrogen-bond acceptors (Lipinski definition) is 3. The lowest BCUT2D eigenvalue weighted by Crippen LogP contribution is -2.31. The minimum Gasteiger partial charge on any atom is -0.350 e. The van der Waals surface area contributed by atoms with Crippen molar-refractivity contribution in [3.8, 4) is 0 Å². The van der Waals surface area contributed by atoms with Gasteiger partial charge in [0.15, 0.2) is 0 Å². The van der Waals surface area contributed by atoms with Crippen LogP contribution in [0.2, 0.25) is 0 Å². The topological polar surface area (TPSA) is 42.0 Å². The summed E-state index contributed by atoms with van der Waals surface area (Å²) in [5.74, 6) is 2.54. The van der Waals surface area contributed by atoms with E-state index in [0.717, 1.165) is 24.3 Å². The molecular weight excluding hydrogens is 220 g/mol. The highest BCUT2D eigenvalue weighted by Gasteiger charge is 2.39. The van der Waals surface area contributed by atoms with Crippen molar-refractivity contribution in [3.63, 3.8) is 0 Å². The fourth-order valence-electron chi connectivity index (χ4n) is 3.27. The van der Waals surface area contributed by atoms with Crippen molar-refractivity contribution in [1.29, 1.82) is 0 Å². The lowest BCUT2D eigenvalue weighted by atomic mass is 9.89. The van der Waals surface area contributed by atoms with E-state index in [1.807, 2.05) is 0 Å². The first-order valence-electron chi connectivity index (χ1n) is 5.99. The number of rotatable bonds is 3. The Kier molecular flexibility index (Phi) is 2.67. The molecule has 2 saturated carbocycles. The van der Waals surface area contributed by atoms with E-state index in [1.165, 1.54) is 37.0 Å². The standard InChI is InChI=1S/C12H16N2OS/c15-12(11-6-16-7-14-11)13-5-10-4-8-1-2-9(10)3-8/h6-10H,1-5H2,(H,13,15). The maximum absolute atomic E-state index is 11.7. The second kappa shape index (κ2) is 4.17. The maximum atomic E-state index is 11.7. The second-order valence-electron chi connectivity index (χ2n) is 5.02. The third-order valence-corrected chi connectivity index (χ3v) is 4.66. The largest absolute Gasteiger partial charge is 0.350 e. The number of nitrogens with zero attached hydrogens (tertiary/aromatic N) is 1. The number of carbonyl (C=O) groups excluding carboxylic acids is 1. The van der Waals surface area contributed by atoms with Crippen molar-refractivity contribution in [1.82, 2.24) is 10.3 Å². The van der Waals surface area contributed by atoms with Gasteiger partial charge in [0, 0.05) is 11.9 Å². The summed E-state index contributed by atoms with van der Waals surface area (Å²) in [7, 11) is 0. The van der Waals surface area contributed by atoms with Crippen molar-refractivity contribution >= 4 is 17.2 Å². The fraction of sp³-hybridized carbons (Fsp3) is 0.667. The van der Waals surface area contributed by atoms with Crippen LogP contribution in [0.3, 0.4) is 0 Å². The molecule has 3 nitrogen and oxygen atoms in total. The van der Waals surface area contributed by atoms with Crippen LogP contribution in [0.1, 0.15) is 36.2 Å². The molecule has 1 aromatic heterocycles. The van der Waals surface area contributed by atoms with Crippen LogP contribution in [0.15, 0.2) is 10.9 Å². The number of hydrogen-bond donors (Lipinski definition) is 1. The lowest BCUT2D eigenvalue weighted by Gasteiger charge is -2.21. The smallest absolute Gasteiger partial charge is 0.270 e. The zero-order valence-electron chi connectivity index (χ0n) is 9.19. The Morgan fingerprint density at radius 3 is 3.06 bits per heavy atom. The fourth-order valence-corrected chi connectivity index (χ4v) is 3.80. The predicted octanol–water partition coefficient (Wildman–Crippen LogP) is 2.31. The van der Waals surface area contributed by atoms with E-state index in [-0.39, 0.29) is 5.91 Å². The third-order valence-electron chi connectivity index (χ3n) is 4.07. The zero-order chi connectivity index (χ0) is 11.0. The Labute approximate surface area is 99.3 Å². The highest BCUT2D eigenvalue weighted by molar-refractivity contribution is 7.07. The molecule has 0 aliphatic heterocycles. The Morgan fingerprint density at radius 2 is 2.44 bits per heavy atom. The summed E-state index contributed by atoms with van der Waals surface area (Å²) in [6.45, 7) is 0.845. The Morgan fingerprint density at radius 1 is 1.50 bits per heavy atom. The van der Waals surface area contributed by atoms with E-state index in [0.29, 0.717) is 5.69 Å². The van der Waals surface area contributed by atoms with E-state index in [9.17, 15) is 4.79 Å². The SMILES string of the molecule is O=C(NCC1CC2CCC1C2)c1cscn1. The van der Waals surface area contributed by atoms with Crippen LogP contribution in [-0.4, -0.2) is 17.4 Å². The minimum absolute atomic E-state index is 0.0102. The lowest BCUT2D eigenvalue weighted by molar-refractivity contribution is 0.0937. The normalized spacial score (nSPS) is 31.9. The van der Waals surface area contributed by atoms with Gasteiger partial charge < -0.3 is 5.32 Å². The number of amides is 1. The highest BCUT2D eigenvalue weighted by atomic mass is 32.1. The van der Waals surface area contributed by atoms with Crippen molar-refractivity contribution in [2.75, 3.05) is 6.54 Å². The molecule has 3 atom stereocenters. The molecule has 1 aromatic rings. The molecule has 2 fully saturated rings. The molecule has 2 bridgehead atoms. The molecule has 16 heavy (non-hydrogen) atoms. The van der Waals surface area contributed by atoms with Gasteiger partial charge in [-0.1, -0.05) is 6.42 Å². The van der Waals surface area contributed by atoms with Crippen molar-refractivity contribution in [2.24, 2.45) is 17.8 Å². The minimum atomic E-state index is -0.0102. The van der Waals surface area contributed by atoms with Crippen molar-refractivity contribution in [2.45, 2.75) is 25.7 Å². The molecule has 1 heterocycles. The molecule has 0 saturated heterocycles. The first-order valence-corrected chi connectivity index (χ1v) is 6.93. The van der Waals surface area contributed by atoms with Crippen LogP contribution in [0, 0.1) is 17.8 Å². The zero-order valence-corrected chi connectivity index (χ0v) is 10.0. The number of aromatic nitrogens is 1. The van der Waals surface area contributed by atoms with Crippen LogP contribution in [0.5, 0.6) is 0 Å². The maximum Gasteiger partial charge on any atom is 0.270 e. The molecule has 3 rings (SSSR count). The van der Waals surface area contributed by atoms with E-state index < -0.39 is 0 Å². The first-order chi connectivity index (χ1) is 7.83. The molecule has 4 heteroatoms. The van der Waals surface area contributed by atoms with E-state index in [1.54, 1.807) is 10.9 Å². The molecule has 1 amide bonds.